The number of para-hydroxylation sites is 1. The number of benzene rings is 2. The highest BCUT2D eigenvalue weighted by molar-refractivity contribution is 6.07. The zero-order valence-corrected chi connectivity index (χ0v) is 20.1. The molecular formula is C28H32F2N4O. The van der Waals surface area contributed by atoms with Gasteiger partial charge < -0.3 is 10.6 Å². The predicted octanol–water partition coefficient (Wildman–Crippen LogP) is 5.34. The summed E-state index contributed by atoms with van der Waals surface area (Å²) in [7, 11) is 0. The Hall–Kier alpha value is -2.90. The number of nitrogens with two attached hydrogens (primary N) is 1. The number of likely N-dealkylation sites (tertiary alicyclic amines) is 2. The summed E-state index contributed by atoms with van der Waals surface area (Å²) >= 11 is 0. The van der Waals surface area contributed by atoms with Crippen molar-refractivity contribution in [1.29, 1.82) is 0 Å². The number of amides is 1. The van der Waals surface area contributed by atoms with Crippen LogP contribution < -0.4 is 5.73 Å². The molecule has 7 heteroatoms. The molecule has 2 atom stereocenters. The lowest BCUT2D eigenvalue weighted by atomic mass is 9.91. The molecule has 0 spiro atoms. The quantitative estimate of drug-likeness (QED) is 0.538. The fraction of sp³-hybridized carbons (Fsp3) is 0.429. The first-order valence-corrected chi connectivity index (χ1v) is 12.6. The van der Waals surface area contributed by atoms with Crippen LogP contribution in [0.4, 0.5) is 8.78 Å². The monoisotopic (exact) mass is 478 g/mol. The first kappa shape index (κ1) is 23.8. The van der Waals surface area contributed by atoms with E-state index in [4.69, 9.17) is 5.73 Å². The molecular weight excluding hydrogens is 446 g/mol. The number of pyridine rings is 1. The van der Waals surface area contributed by atoms with Crippen molar-refractivity contribution in [3.63, 3.8) is 0 Å². The van der Waals surface area contributed by atoms with Gasteiger partial charge >= 0.3 is 0 Å². The maximum atomic E-state index is 14.1. The molecule has 2 fully saturated rings. The molecule has 1 aromatic heterocycles. The fourth-order valence-electron chi connectivity index (χ4n) is 5.82. The number of rotatable bonds is 5. The summed E-state index contributed by atoms with van der Waals surface area (Å²) in [5.41, 5.74) is 8.54. The minimum Gasteiger partial charge on any atom is -0.332 e. The van der Waals surface area contributed by atoms with Gasteiger partial charge in [-0.3, -0.25) is 9.69 Å². The highest BCUT2D eigenvalue weighted by Gasteiger charge is 2.46. The molecule has 35 heavy (non-hydrogen) atoms. The standard InChI is InChI=1S/C28H32F2N4O/c1-2-28(31,33-14-6-3-7-15-33)26-11-8-16-34(26)27(35)21-18-25(19-12-13-22(29)23(30)17-19)32-24-10-5-4-9-20(21)24/h4-5,9-10,12-13,17-18,26H,2-3,6-8,11,14-16,31H2,1H3/t26-,28?/m0/s1. The van der Waals surface area contributed by atoms with Crippen molar-refractivity contribution < 1.29 is 13.6 Å². The van der Waals surface area contributed by atoms with Gasteiger partial charge in [-0.25, -0.2) is 13.8 Å². The predicted molar refractivity (Wildman–Crippen MR) is 134 cm³/mol. The largest absolute Gasteiger partial charge is 0.332 e. The lowest BCUT2D eigenvalue weighted by Gasteiger charge is -2.49. The maximum Gasteiger partial charge on any atom is 0.254 e. The summed E-state index contributed by atoms with van der Waals surface area (Å²) in [6.07, 6.45) is 6.02. The second-order valence-corrected chi connectivity index (χ2v) is 9.75. The van der Waals surface area contributed by atoms with E-state index in [0.717, 1.165) is 62.7 Å². The first-order valence-electron chi connectivity index (χ1n) is 12.6. The average Bonchev–Trinajstić information content (AvgIpc) is 3.40. The van der Waals surface area contributed by atoms with Crippen LogP contribution in [-0.4, -0.2) is 52.0 Å². The molecule has 0 aliphatic carbocycles. The molecule has 2 N–H and O–H groups in total. The Morgan fingerprint density at radius 2 is 1.80 bits per heavy atom. The lowest BCUT2D eigenvalue weighted by molar-refractivity contribution is 0.00151. The number of hydrogen-bond acceptors (Lipinski definition) is 4. The van der Waals surface area contributed by atoms with Crippen LogP contribution in [0.5, 0.6) is 0 Å². The molecule has 3 aromatic rings. The van der Waals surface area contributed by atoms with E-state index < -0.39 is 17.3 Å². The number of hydrogen-bond donors (Lipinski definition) is 1. The van der Waals surface area contributed by atoms with Crippen molar-refractivity contribution in [2.24, 2.45) is 5.73 Å². The molecule has 0 bridgehead atoms. The van der Waals surface area contributed by atoms with Crippen LogP contribution in [0.25, 0.3) is 22.2 Å². The summed E-state index contributed by atoms with van der Waals surface area (Å²) < 4.78 is 27.5. The molecule has 5 rings (SSSR count). The van der Waals surface area contributed by atoms with E-state index in [2.05, 4.69) is 16.8 Å². The molecule has 0 radical (unpaired) electrons. The number of nitrogens with zero attached hydrogens (tertiary/aromatic N) is 3. The minimum atomic E-state index is -0.942. The molecule has 2 saturated heterocycles. The minimum absolute atomic E-state index is 0.0863. The maximum absolute atomic E-state index is 14.1. The third-order valence-electron chi connectivity index (χ3n) is 7.76. The van der Waals surface area contributed by atoms with Gasteiger partial charge in [0.05, 0.1) is 28.5 Å². The van der Waals surface area contributed by atoms with E-state index in [-0.39, 0.29) is 11.9 Å². The van der Waals surface area contributed by atoms with Crippen molar-refractivity contribution in [3.05, 3.63) is 65.7 Å². The van der Waals surface area contributed by atoms with E-state index in [1.807, 2.05) is 29.2 Å². The van der Waals surface area contributed by atoms with Gasteiger partial charge in [-0.1, -0.05) is 31.5 Å². The van der Waals surface area contributed by atoms with Crippen LogP contribution in [0.3, 0.4) is 0 Å². The van der Waals surface area contributed by atoms with Crippen LogP contribution in [0, 0.1) is 11.6 Å². The van der Waals surface area contributed by atoms with Crippen molar-refractivity contribution in [2.75, 3.05) is 19.6 Å². The van der Waals surface area contributed by atoms with Crippen LogP contribution >= 0.6 is 0 Å². The molecule has 2 aliphatic heterocycles. The summed E-state index contributed by atoms with van der Waals surface area (Å²) in [4.78, 5) is 23.1. The Bertz CT molecular complexity index is 1240. The number of piperidine rings is 1. The molecule has 3 heterocycles. The third kappa shape index (κ3) is 4.32. The van der Waals surface area contributed by atoms with Gasteiger partial charge in [-0.05, 0) is 75.5 Å². The summed E-state index contributed by atoms with van der Waals surface area (Å²) in [6, 6.07) is 12.8. The van der Waals surface area contributed by atoms with Gasteiger partial charge in [0.15, 0.2) is 11.6 Å². The Labute approximate surface area is 204 Å². The third-order valence-corrected chi connectivity index (χ3v) is 7.76. The summed E-state index contributed by atoms with van der Waals surface area (Å²) in [5.74, 6) is -1.94. The molecule has 1 amide bonds. The Morgan fingerprint density at radius 3 is 2.54 bits per heavy atom. The van der Waals surface area contributed by atoms with E-state index in [9.17, 15) is 13.6 Å². The Morgan fingerprint density at radius 1 is 1.03 bits per heavy atom. The second-order valence-electron chi connectivity index (χ2n) is 9.75. The molecule has 2 aromatic carbocycles. The van der Waals surface area contributed by atoms with Crippen LogP contribution in [0.15, 0.2) is 48.5 Å². The normalized spacial score (nSPS) is 20.8. The number of carbonyl (C=O) groups is 1. The van der Waals surface area contributed by atoms with E-state index in [0.29, 0.717) is 28.9 Å². The zero-order chi connectivity index (χ0) is 24.6. The van der Waals surface area contributed by atoms with Crippen LogP contribution in [0.1, 0.15) is 55.8 Å². The van der Waals surface area contributed by atoms with E-state index >= 15 is 0 Å². The van der Waals surface area contributed by atoms with Gasteiger partial charge in [-0.2, -0.15) is 0 Å². The van der Waals surface area contributed by atoms with Crippen LogP contribution in [-0.2, 0) is 0 Å². The molecule has 5 nitrogen and oxygen atoms in total. The van der Waals surface area contributed by atoms with E-state index in [1.165, 1.54) is 12.5 Å². The highest BCUT2D eigenvalue weighted by atomic mass is 19.2. The number of halogens is 2. The van der Waals surface area contributed by atoms with Crippen molar-refractivity contribution >= 4 is 16.8 Å². The number of aromatic nitrogens is 1. The van der Waals surface area contributed by atoms with Gasteiger partial charge in [0.2, 0.25) is 0 Å². The van der Waals surface area contributed by atoms with Crippen molar-refractivity contribution in [1.82, 2.24) is 14.8 Å². The molecule has 2 aliphatic rings. The highest BCUT2D eigenvalue weighted by Crippen LogP contribution is 2.35. The van der Waals surface area contributed by atoms with Gasteiger partial charge in [0, 0.05) is 17.5 Å². The SMILES string of the molecule is CCC(N)([C@@H]1CCCN1C(=O)c1cc(-c2ccc(F)c(F)c2)nc2ccccc12)N1CCCCC1. The molecule has 0 saturated carbocycles. The Balaban J connectivity index is 1.56. The Kier molecular flexibility index (Phi) is 6.55. The smallest absolute Gasteiger partial charge is 0.254 e. The topological polar surface area (TPSA) is 62.5 Å². The van der Waals surface area contributed by atoms with Crippen molar-refractivity contribution in [2.45, 2.75) is 57.2 Å². The van der Waals surface area contributed by atoms with Gasteiger partial charge in [0.1, 0.15) is 0 Å². The molecule has 1 unspecified atom stereocenters. The number of carbonyl (C=O) groups excluding carboxylic acids is 1. The molecule has 184 valence electrons. The lowest BCUT2D eigenvalue weighted by Crippen LogP contribution is -2.67. The van der Waals surface area contributed by atoms with Crippen molar-refractivity contribution in [3.8, 4) is 11.3 Å². The summed E-state index contributed by atoms with van der Waals surface area (Å²) in [6.45, 7) is 4.68. The first-order chi connectivity index (χ1) is 16.9. The van der Waals surface area contributed by atoms with E-state index in [1.54, 1.807) is 6.07 Å². The fourth-order valence-corrected chi connectivity index (χ4v) is 5.82. The van der Waals surface area contributed by atoms with Crippen LogP contribution in [0.2, 0.25) is 0 Å². The number of fused-ring (bicyclic) bond motifs is 1. The summed E-state index contributed by atoms with van der Waals surface area (Å²) in [5, 5.41) is 0.742. The zero-order valence-electron chi connectivity index (χ0n) is 20.1. The second kappa shape index (κ2) is 9.63. The van der Waals surface area contributed by atoms with Gasteiger partial charge in [0.25, 0.3) is 5.91 Å². The average molecular weight is 479 g/mol. The van der Waals surface area contributed by atoms with Gasteiger partial charge in [-0.15, -0.1) is 0 Å².